The van der Waals surface area contributed by atoms with Gasteiger partial charge in [-0.15, -0.1) is 0 Å². The van der Waals surface area contributed by atoms with E-state index in [1.54, 1.807) is 4.90 Å². The number of amides is 2. The summed E-state index contributed by atoms with van der Waals surface area (Å²) >= 11 is 0. The van der Waals surface area contributed by atoms with Gasteiger partial charge in [-0.3, -0.25) is 4.79 Å². The van der Waals surface area contributed by atoms with Crippen molar-refractivity contribution in [1.29, 1.82) is 0 Å². The van der Waals surface area contributed by atoms with Crippen LogP contribution in [0.15, 0.2) is 36.5 Å². The molecule has 25 heavy (non-hydrogen) atoms. The zero-order valence-corrected chi connectivity index (χ0v) is 15.1. The summed E-state index contributed by atoms with van der Waals surface area (Å²) in [4.78, 5) is 26.2. The van der Waals surface area contributed by atoms with Crippen LogP contribution in [0.4, 0.5) is 4.79 Å². The number of ether oxygens (including phenoxy) is 1. The first-order valence-electron chi connectivity index (χ1n) is 8.81. The highest BCUT2D eigenvalue weighted by atomic mass is 16.6. The lowest BCUT2D eigenvalue weighted by atomic mass is 9.96. The maximum Gasteiger partial charge on any atom is 0.408 e. The molecule has 1 N–H and O–H groups in total. The topological polar surface area (TPSA) is 58.6 Å². The Balaban J connectivity index is 1.60. The second-order valence-electron chi connectivity index (χ2n) is 7.96. The molecule has 0 aromatic heterocycles. The normalized spacial score (nSPS) is 22.3. The summed E-state index contributed by atoms with van der Waals surface area (Å²) in [5.41, 5.74) is 0.260. The minimum Gasteiger partial charge on any atom is -0.444 e. The zero-order chi connectivity index (χ0) is 18.1. The predicted molar refractivity (Wildman–Crippen MR) is 96.6 cm³/mol. The number of alkyl carbamates (subject to hydrolysis) is 1. The molecule has 2 amide bonds. The van der Waals surface area contributed by atoms with Gasteiger partial charge in [-0.05, 0) is 45.3 Å². The minimum atomic E-state index is -0.518. The summed E-state index contributed by atoms with van der Waals surface area (Å²) in [5.74, 6) is 0.238. The van der Waals surface area contributed by atoms with Crippen molar-refractivity contribution >= 4 is 18.1 Å². The molecule has 1 saturated carbocycles. The monoisotopic (exact) mass is 342 g/mol. The number of hydrogen-bond acceptors (Lipinski definition) is 3. The average molecular weight is 342 g/mol. The van der Waals surface area contributed by atoms with Gasteiger partial charge in [0.25, 0.3) is 0 Å². The smallest absolute Gasteiger partial charge is 0.408 e. The number of carbonyl (C=O) groups excluding carboxylic acids is 2. The van der Waals surface area contributed by atoms with Gasteiger partial charge in [0.1, 0.15) is 5.60 Å². The van der Waals surface area contributed by atoms with Gasteiger partial charge < -0.3 is 15.0 Å². The molecule has 0 bridgehead atoms. The molecule has 0 unspecified atom stereocenters. The lowest BCUT2D eigenvalue weighted by molar-refractivity contribution is -0.125. The fourth-order valence-corrected chi connectivity index (χ4v) is 3.26. The Morgan fingerprint density at radius 2 is 1.96 bits per heavy atom. The highest BCUT2D eigenvalue weighted by Gasteiger charge is 2.54. The van der Waals surface area contributed by atoms with Crippen LogP contribution in [0.3, 0.4) is 0 Å². The van der Waals surface area contributed by atoms with E-state index in [9.17, 15) is 9.59 Å². The summed E-state index contributed by atoms with van der Waals surface area (Å²) in [6, 6.07) is 9.91. The highest BCUT2D eigenvalue weighted by molar-refractivity contribution is 5.81. The van der Waals surface area contributed by atoms with Gasteiger partial charge in [0.05, 0.1) is 0 Å². The van der Waals surface area contributed by atoms with Crippen LogP contribution in [-0.4, -0.2) is 34.6 Å². The van der Waals surface area contributed by atoms with Gasteiger partial charge in [0.2, 0.25) is 5.91 Å². The molecule has 3 rings (SSSR count). The molecular weight excluding hydrogens is 316 g/mol. The van der Waals surface area contributed by atoms with E-state index < -0.39 is 11.7 Å². The van der Waals surface area contributed by atoms with Crippen LogP contribution in [0.1, 0.15) is 45.6 Å². The van der Waals surface area contributed by atoms with E-state index >= 15 is 0 Å². The fraction of sp³-hybridized carbons (Fsp3) is 0.500. The Morgan fingerprint density at radius 1 is 1.28 bits per heavy atom. The van der Waals surface area contributed by atoms with Crippen LogP contribution < -0.4 is 5.32 Å². The number of benzene rings is 1. The molecule has 1 aliphatic heterocycles. The third-order valence-corrected chi connectivity index (χ3v) is 4.72. The molecule has 5 nitrogen and oxygen atoms in total. The average Bonchev–Trinajstić information content (AvgIpc) is 3.19. The molecule has 134 valence electrons. The van der Waals surface area contributed by atoms with Crippen LogP contribution in [0, 0.1) is 5.92 Å². The van der Waals surface area contributed by atoms with Crippen molar-refractivity contribution in [1.82, 2.24) is 10.2 Å². The van der Waals surface area contributed by atoms with E-state index in [1.165, 1.54) is 0 Å². The van der Waals surface area contributed by atoms with Crippen molar-refractivity contribution in [2.45, 2.75) is 51.2 Å². The molecule has 1 aromatic carbocycles. The number of nitrogens with zero attached hydrogens (tertiary/aromatic N) is 1. The molecule has 2 fully saturated rings. The van der Waals surface area contributed by atoms with Crippen molar-refractivity contribution in [2.75, 3.05) is 6.54 Å². The molecule has 2 aliphatic rings. The summed E-state index contributed by atoms with van der Waals surface area (Å²) in [6.45, 7) is 6.18. The van der Waals surface area contributed by atoms with Gasteiger partial charge in [-0.25, -0.2) is 4.79 Å². The van der Waals surface area contributed by atoms with Crippen LogP contribution in [0.25, 0.3) is 6.08 Å². The van der Waals surface area contributed by atoms with E-state index in [0.29, 0.717) is 13.0 Å². The number of carbonyl (C=O) groups is 2. The molecule has 1 atom stereocenters. The number of hydrogen-bond donors (Lipinski definition) is 1. The number of rotatable bonds is 4. The largest absolute Gasteiger partial charge is 0.444 e. The lowest BCUT2D eigenvalue weighted by Crippen LogP contribution is -2.45. The third-order valence-electron chi connectivity index (χ3n) is 4.72. The number of nitrogens with one attached hydrogen (secondary N) is 1. The predicted octanol–water partition coefficient (Wildman–Crippen LogP) is 3.56. The van der Waals surface area contributed by atoms with Crippen molar-refractivity contribution in [2.24, 2.45) is 5.92 Å². The standard InChI is InChI=1S/C20H26N2O3/c1-19(2,3)25-18(24)21-20(10-11-20)16-13-17(23)22(14-16)12-9-15-7-5-4-6-8-15/h4-9,12,16H,10-11,13-14H2,1-3H3,(H,21,24)/t16-/m1/s1. The summed E-state index contributed by atoms with van der Waals surface area (Å²) in [6.07, 6.45) is 5.67. The van der Waals surface area contributed by atoms with Crippen molar-refractivity contribution in [3.8, 4) is 0 Å². The van der Waals surface area contributed by atoms with E-state index in [1.807, 2.05) is 63.4 Å². The van der Waals surface area contributed by atoms with Crippen molar-refractivity contribution < 1.29 is 14.3 Å². The first-order chi connectivity index (χ1) is 11.8. The summed E-state index contributed by atoms with van der Waals surface area (Å²) < 4.78 is 5.37. The quantitative estimate of drug-likeness (QED) is 0.910. The summed E-state index contributed by atoms with van der Waals surface area (Å²) in [5, 5.41) is 3.02. The molecule has 1 aromatic rings. The lowest BCUT2D eigenvalue weighted by Gasteiger charge is -2.26. The van der Waals surface area contributed by atoms with Gasteiger partial charge in [-0.1, -0.05) is 30.3 Å². The fourth-order valence-electron chi connectivity index (χ4n) is 3.26. The van der Waals surface area contributed by atoms with Crippen LogP contribution >= 0.6 is 0 Å². The number of likely N-dealkylation sites (tertiary alicyclic amines) is 1. The molecule has 0 radical (unpaired) electrons. The second kappa shape index (κ2) is 6.54. The molecule has 5 heteroatoms. The third kappa shape index (κ3) is 4.41. The molecule has 0 spiro atoms. The molecule has 1 aliphatic carbocycles. The molecular formula is C20H26N2O3. The molecule has 1 heterocycles. The van der Waals surface area contributed by atoms with Crippen LogP contribution in [-0.2, 0) is 9.53 Å². The Morgan fingerprint density at radius 3 is 2.56 bits per heavy atom. The van der Waals surface area contributed by atoms with Crippen molar-refractivity contribution in [3.05, 3.63) is 42.1 Å². The van der Waals surface area contributed by atoms with Gasteiger partial charge in [0.15, 0.2) is 0 Å². The second-order valence-corrected chi connectivity index (χ2v) is 7.96. The Bertz CT molecular complexity index is 672. The first kappa shape index (κ1) is 17.5. The Hall–Kier alpha value is -2.30. The van der Waals surface area contributed by atoms with E-state index in [4.69, 9.17) is 4.74 Å². The molecule has 1 saturated heterocycles. The van der Waals surface area contributed by atoms with E-state index in [2.05, 4.69) is 5.32 Å². The summed E-state index contributed by atoms with van der Waals surface area (Å²) in [7, 11) is 0. The maximum atomic E-state index is 12.3. The first-order valence-corrected chi connectivity index (χ1v) is 8.81. The zero-order valence-electron chi connectivity index (χ0n) is 15.1. The minimum absolute atomic E-state index is 0.106. The van der Waals surface area contributed by atoms with Gasteiger partial charge in [-0.2, -0.15) is 0 Å². The Kier molecular flexibility index (Phi) is 4.58. The SMILES string of the molecule is CC(C)(C)OC(=O)NC1([C@@H]2CC(=O)N(C=Cc3ccccc3)C2)CC1. The van der Waals surface area contributed by atoms with Gasteiger partial charge >= 0.3 is 6.09 Å². The maximum absolute atomic E-state index is 12.3. The van der Waals surface area contributed by atoms with Crippen LogP contribution in [0.2, 0.25) is 0 Å². The van der Waals surface area contributed by atoms with Crippen LogP contribution in [0.5, 0.6) is 0 Å². The van der Waals surface area contributed by atoms with E-state index in [-0.39, 0.29) is 17.4 Å². The van der Waals surface area contributed by atoms with E-state index in [0.717, 1.165) is 18.4 Å². The van der Waals surface area contributed by atoms with Gasteiger partial charge in [0, 0.05) is 30.6 Å². The Labute approximate surface area is 149 Å². The highest BCUT2D eigenvalue weighted by Crippen LogP contribution is 2.46. The van der Waals surface area contributed by atoms with Crippen molar-refractivity contribution in [3.63, 3.8) is 0 Å².